The Morgan fingerprint density at radius 3 is 2.18 bits per heavy atom. The van der Waals surface area contributed by atoms with Crippen LogP contribution < -0.4 is 0 Å². The monoisotopic (exact) mass is 520 g/mol. The zero-order valence-electron chi connectivity index (χ0n) is 20.4. The third kappa shape index (κ3) is 9.33. The molecule has 0 aromatic heterocycles. The maximum Gasteiger partial charge on any atom is 0.415 e. The molecule has 188 valence electrons. The zero-order chi connectivity index (χ0) is 25.1. The number of sulfone groups is 1. The molecule has 0 aliphatic carbocycles. The second-order valence-corrected chi connectivity index (χ2v) is 16.1. The van der Waals surface area contributed by atoms with E-state index in [4.69, 9.17) is 9.57 Å². The molecule has 1 rings (SSSR count). The van der Waals surface area contributed by atoms with Crippen molar-refractivity contribution >= 4 is 39.6 Å². The smallest absolute Gasteiger partial charge is 0.396 e. The van der Waals surface area contributed by atoms with Crippen molar-refractivity contribution in [1.82, 2.24) is 4.90 Å². The Bertz CT molecular complexity index is 925. The summed E-state index contributed by atoms with van der Waals surface area (Å²) in [6, 6.07) is 6.39. The van der Waals surface area contributed by atoms with E-state index in [1.807, 2.05) is 13.8 Å². The van der Waals surface area contributed by atoms with E-state index in [0.717, 1.165) is 19.3 Å². The number of hydrogen-bond acceptors (Lipinski definition) is 8. The fourth-order valence-corrected chi connectivity index (χ4v) is 8.53. The number of carbonyl (C=O) groups is 1. The summed E-state index contributed by atoms with van der Waals surface area (Å²) in [4.78, 5) is 18.6. The Morgan fingerprint density at radius 2 is 1.70 bits per heavy atom. The summed E-state index contributed by atoms with van der Waals surface area (Å²) in [6.45, 7) is 5.78. The number of unbranched alkanes of at least 4 members (excludes halogenated alkanes) is 3. The van der Waals surface area contributed by atoms with Crippen molar-refractivity contribution in [2.24, 2.45) is 5.16 Å². The van der Waals surface area contributed by atoms with Crippen molar-refractivity contribution in [3.05, 3.63) is 29.8 Å². The maximum absolute atomic E-state index is 13.3. The third-order valence-corrected chi connectivity index (χ3v) is 13.2. The van der Waals surface area contributed by atoms with Crippen molar-refractivity contribution in [1.29, 1.82) is 0 Å². The molecule has 0 saturated carbocycles. The molecular weight excluding hydrogens is 483 g/mol. The first-order chi connectivity index (χ1) is 15.5. The van der Waals surface area contributed by atoms with Crippen molar-refractivity contribution in [3.8, 4) is 0 Å². The van der Waals surface area contributed by atoms with E-state index in [2.05, 4.69) is 12.1 Å². The van der Waals surface area contributed by atoms with Gasteiger partial charge in [-0.15, -0.1) is 0 Å². The molecule has 0 heterocycles. The predicted molar refractivity (Wildman–Crippen MR) is 136 cm³/mol. The molecule has 1 unspecified atom stereocenters. The van der Waals surface area contributed by atoms with E-state index in [9.17, 15) is 17.8 Å². The summed E-state index contributed by atoms with van der Waals surface area (Å²) in [7, 11) is 1.01. The lowest BCUT2D eigenvalue weighted by Crippen LogP contribution is -2.28. The van der Waals surface area contributed by atoms with Gasteiger partial charge in [-0.1, -0.05) is 68.7 Å². The number of carbonyl (C=O) groups excluding carboxylic acids is 1. The molecule has 0 N–H and O–H groups in total. The summed E-state index contributed by atoms with van der Waals surface area (Å²) in [5.41, 5.74) is 0.620. The van der Waals surface area contributed by atoms with Gasteiger partial charge < -0.3 is 19.0 Å². The van der Waals surface area contributed by atoms with Gasteiger partial charge in [-0.3, -0.25) is 0 Å². The van der Waals surface area contributed by atoms with Gasteiger partial charge in [0.25, 0.3) is 5.90 Å². The first-order valence-corrected chi connectivity index (χ1v) is 16.3. The van der Waals surface area contributed by atoms with E-state index >= 15 is 0 Å². The zero-order valence-corrected chi connectivity index (χ0v) is 23.0. The molecule has 0 saturated heterocycles. The largest absolute Gasteiger partial charge is 0.415 e. The molecule has 1 aromatic rings. The van der Waals surface area contributed by atoms with Crippen molar-refractivity contribution in [2.75, 3.05) is 39.3 Å². The summed E-state index contributed by atoms with van der Waals surface area (Å²) < 4.78 is 44.1. The van der Waals surface area contributed by atoms with Gasteiger partial charge in [0.15, 0.2) is 9.84 Å². The van der Waals surface area contributed by atoms with Gasteiger partial charge in [-0.05, 0) is 24.1 Å². The van der Waals surface area contributed by atoms with Crippen LogP contribution in [0.15, 0.2) is 34.3 Å². The summed E-state index contributed by atoms with van der Waals surface area (Å²) in [5, 5.41) is 3.18. The standard InChI is InChI=1S/C22H37N2O6PS2/c1-7-10-11-12-17-33(27,28)19-15-13-18(14-16-19)20(32-31(26,8-2)9-3)21(23-29-6)30-22(25)24(4)5/h13-16,20H,7-12,17H2,1-6H3. The Balaban J connectivity index is 3.31. The van der Waals surface area contributed by atoms with E-state index in [1.54, 1.807) is 24.3 Å². The number of hydrogen-bond donors (Lipinski definition) is 0. The van der Waals surface area contributed by atoms with Crippen LogP contribution >= 0.6 is 17.7 Å². The first-order valence-electron chi connectivity index (χ1n) is 11.1. The molecule has 0 aliphatic heterocycles. The van der Waals surface area contributed by atoms with E-state index < -0.39 is 27.5 Å². The van der Waals surface area contributed by atoms with E-state index in [1.165, 1.54) is 37.5 Å². The predicted octanol–water partition coefficient (Wildman–Crippen LogP) is 5.79. The quantitative estimate of drug-likeness (QED) is 0.107. The minimum atomic E-state index is -3.40. The average Bonchev–Trinajstić information content (AvgIpc) is 2.80. The van der Waals surface area contributed by atoms with Gasteiger partial charge in [0.1, 0.15) is 18.7 Å². The van der Waals surface area contributed by atoms with Crippen LogP contribution in [0.25, 0.3) is 0 Å². The van der Waals surface area contributed by atoms with Crippen LogP contribution in [0.4, 0.5) is 4.79 Å². The van der Waals surface area contributed by atoms with Crippen LogP contribution in [0, 0.1) is 0 Å². The molecule has 11 heteroatoms. The second kappa shape index (κ2) is 14.0. The number of oxime groups is 1. The molecule has 33 heavy (non-hydrogen) atoms. The SMILES string of the molecule is CCCCCCS(=O)(=O)c1ccc(C(SP(=O)(CC)CC)C(=NOC)OC(=O)N(C)C)cc1. The molecule has 1 aromatic carbocycles. The molecule has 0 fully saturated rings. The highest BCUT2D eigenvalue weighted by molar-refractivity contribution is 8.58. The topological polar surface area (TPSA) is 102 Å². The Labute approximate surface area is 202 Å². The van der Waals surface area contributed by atoms with E-state index in [0.29, 0.717) is 24.3 Å². The maximum atomic E-state index is 13.3. The Kier molecular flexibility index (Phi) is 12.5. The van der Waals surface area contributed by atoms with Crippen LogP contribution in [-0.4, -0.2) is 64.6 Å². The molecule has 1 atom stereocenters. The minimum Gasteiger partial charge on any atom is -0.396 e. The number of ether oxygens (including phenoxy) is 1. The van der Waals surface area contributed by atoms with Gasteiger partial charge in [0, 0.05) is 26.4 Å². The number of nitrogens with zero attached hydrogens (tertiary/aromatic N) is 2. The van der Waals surface area contributed by atoms with Crippen LogP contribution in [-0.2, 0) is 24.0 Å². The van der Waals surface area contributed by atoms with Crippen molar-refractivity contribution in [2.45, 2.75) is 56.6 Å². The van der Waals surface area contributed by atoms with Crippen LogP contribution in [0.2, 0.25) is 0 Å². The summed E-state index contributed by atoms with van der Waals surface area (Å²) in [5.74, 6) is 0.0564. The third-order valence-electron chi connectivity index (χ3n) is 5.03. The highest BCUT2D eigenvalue weighted by Crippen LogP contribution is 2.63. The summed E-state index contributed by atoms with van der Waals surface area (Å²) in [6.07, 6.45) is 1.16. The lowest BCUT2D eigenvalue weighted by Gasteiger charge is -2.23. The van der Waals surface area contributed by atoms with Gasteiger partial charge in [-0.2, -0.15) is 0 Å². The number of amides is 1. The lowest BCUT2D eigenvalue weighted by atomic mass is 10.1. The highest BCUT2D eigenvalue weighted by atomic mass is 32.7. The van der Waals surface area contributed by atoms with Gasteiger partial charge >= 0.3 is 6.09 Å². The van der Waals surface area contributed by atoms with Gasteiger partial charge in [0.05, 0.1) is 10.6 Å². The fourth-order valence-electron chi connectivity index (χ4n) is 2.89. The van der Waals surface area contributed by atoms with Crippen LogP contribution in [0.3, 0.4) is 0 Å². The average molecular weight is 521 g/mol. The number of benzene rings is 1. The first kappa shape index (κ1) is 29.5. The number of rotatable bonds is 13. The fraction of sp³-hybridized carbons (Fsp3) is 0.636. The normalized spacial score (nSPS) is 13.5. The van der Waals surface area contributed by atoms with Gasteiger partial charge in [0.2, 0.25) is 0 Å². The molecule has 0 bridgehead atoms. The molecule has 0 spiro atoms. The van der Waals surface area contributed by atoms with Crippen LogP contribution in [0.1, 0.15) is 57.3 Å². The van der Waals surface area contributed by atoms with Crippen molar-refractivity contribution in [3.63, 3.8) is 0 Å². The molecule has 1 amide bonds. The second-order valence-electron chi connectivity index (χ2n) is 7.76. The minimum absolute atomic E-state index is 0.0431. The highest BCUT2D eigenvalue weighted by Gasteiger charge is 2.32. The molecule has 0 radical (unpaired) electrons. The molecule has 0 aliphatic rings. The lowest BCUT2D eigenvalue weighted by molar-refractivity contribution is 0.156. The molecule has 8 nitrogen and oxygen atoms in total. The molecular formula is C22H37N2O6PS2. The van der Waals surface area contributed by atoms with Crippen LogP contribution in [0.5, 0.6) is 0 Å². The Morgan fingerprint density at radius 1 is 1.09 bits per heavy atom. The van der Waals surface area contributed by atoms with Gasteiger partial charge in [-0.25, -0.2) is 13.2 Å². The Hall–Kier alpha value is -1.51. The van der Waals surface area contributed by atoms with E-state index in [-0.39, 0.29) is 16.5 Å². The van der Waals surface area contributed by atoms with Crippen molar-refractivity contribution < 1.29 is 27.4 Å². The summed E-state index contributed by atoms with van der Waals surface area (Å²) >= 11 is 1.18.